The van der Waals surface area contributed by atoms with E-state index in [1.54, 1.807) is 12.1 Å². The van der Waals surface area contributed by atoms with Gasteiger partial charge in [0.25, 0.3) is 0 Å². The monoisotopic (exact) mass is 241 g/mol. The number of carbonyl (C=O) groups excluding carboxylic acids is 1. The van der Waals surface area contributed by atoms with Crippen molar-refractivity contribution in [1.82, 2.24) is 0 Å². The lowest BCUT2D eigenvalue weighted by Crippen LogP contribution is -2.07. The van der Waals surface area contributed by atoms with Crippen LogP contribution in [0, 0.1) is 0 Å². The molecule has 0 bridgehead atoms. The molecule has 3 nitrogen and oxygen atoms in total. The molecule has 0 saturated carbocycles. The summed E-state index contributed by atoms with van der Waals surface area (Å²) in [4.78, 5) is 12.7. The summed E-state index contributed by atoms with van der Waals surface area (Å²) in [6.45, 7) is 0. The normalized spacial score (nSPS) is 10.1. The fourth-order valence-electron chi connectivity index (χ4n) is 1.77. The van der Waals surface area contributed by atoms with Crippen molar-refractivity contribution in [2.75, 3.05) is 19.0 Å². The third kappa shape index (κ3) is 2.35. The number of hydrogen-bond acceptors (Lipinski definition) is 3. The van der Waals surface area contributed by atoms with Crippen LogP contribution in [0.25, 0.3) is 11.1 Å². The van der Waals surface area contributed by atoms with Crippen LogP contribution in [0.5, 0.6) is 5.75 Å². The molecule has 0 atom stereocenters. The van der Waals surface area contributed by atoms with Crippen LogP contribution in [-0.4, -0.2) is 25.5 Å². The van der Waals surface area contributed by atoms with E-state index in [1.807, 2.05) is 49.3 Å². The zero-order chi connectivity index (χ0) is 13.1. The van der Waals surface area contributed by atoms with Crippen LogP contribution >= 0.6 is 0 Å². The Hall–Kier alpha value is -2.29. The number of benzene rings is 2. The van der Waals surface area contributed by atoms with E-state index in [2.05, 4.69) is 0 Å². The van der Waals surface area contributed by atoms with Gasteiger partial charge in [-0.1, -0.05) is 18.2 Å². The van der Waals surface area contributed by atoms with Crippen LogP contribution in [0.15, 0.2) is 42.5 Å². The van der Waals surface area contributed by atoms with Gasteiger partial charge in [0.2, 0.25) is 0 Å². The molecule has 0 aliphatic heterocycles. The van der Waals surface area contributed by atoms with Gasteiger partial charge in [-0.2, -0.15) is 0 Å². The fourth-order valence-corrected chi connectivity index (χ4v) is 1.77. The van der Waals surface area contributed by atoms with Gasteiger partial charge >= 0.3 is 0 Å². The minimum Gasteiger partial charge on any atom is -0.507 e. The molecule has 0 amide bonds. The van der Waals surface area contributed by atoms with E-state index in [-0.39, 0.29) is 5.75 Å². The van der Waals surface area contributed by atoms with Crippen molar-refractivity contribution in [3.8, 4) is 16.9 Å². The number of carbonyl (C=O) groups is 1. The van der Waals surface area contributed by atoms with Gasteiger partial charge in [-0.25, -0.2) is 0 Å². The molecule has 3 heteroatoms. The van der Waals surface area contributed by atoms with Gasteiger partial charge in [-0.05, 0) is 35.4 Å². The van der Waals surface area contributed by atoms with Crippen molar-refractivity contribution in [3.63, 3.8) is 0 Å². The zero-order valence-electron chi connectivity index (χ0n) is 10.4. The lowest BCUT2D eigenvalue weighted by atomic mass is 10.0. The number of rotatable bonds is 3. The number of phenolic OH excluding ortho intramolecular Hbond substituents is 1. The molecule has 2 aromatic carbocycles. The minimum atomic E-state index is 0.0131. The molecule has 0 heterocycles. The fraction of sp³-hybridized carbons (Fsp3) is 0.133. The number of aldehydes is 1. The first kappa shape index (κ1) is 12.2. The molecule has 0 aromatic heterocycles. The summed E-state index contributed by atoms with van der Waals surface area (Å²) in [6.07, 6.45) is 0.647. The van der Waals surface area contributed by atoms with Crippen molar-refractivity contribution in [1.29, 1.82) is 0 Å². The second-order valence-electron chi connectivity index (χ2n) is 4.33. The van der Waals surface area contributed by atoms with Gasteiger partial charge < -0.3 is 10.0 Å². The molecule has 1 N–H and O–H groups in total. The molecular formula is C15H15NO2. The molecule has 0 aliphatic rings. The predicted octanol–water partition coefficient (Wildman–Crippen LogP) is 2.94. The number of nitrogens with zero attached hydrogens (tertiary/aromatic N) is 1. The SMILES string of the molecule is CN(C)c1ccc(-c2ccc(C=O)c(O)c2)cc1. The molecule has 2 rings (SSSR count). The number of anilines is 1. The molecule has 2 aromatic rings. The molecule has 0 aliphatic carbocycles. The Morgan fingerprint density at radius 2 is 1.61 bits per heavy atom. The second-order valence-corrected chi connectivity index (χ2v) is 4.33. The molecular weight excluding hydrogens is 226 g/mol. The highest BCUT2D eigenvalue weighted by atomic mass is 16.3. The average Bonchev–Trinajstić information content (AvgIpc) is 2.38. The second kappa shape index (κ2) is 4.92. The summed E-state index contributed by atoms with van der Waals surface area (Å²) in [5.74, 6) is 0.0131. The van der Waals surface area contributed by atoms with Crippen LogP contribution in [0.2, 0.25) is 0 Å². The Kier molecular flexibility index (Phi) is 3.33. The molecule has 0 saturated heterocycles. The van der Waals surface area contributed by atoms with Gasteiger partial charge in [0.15, 0.2) is 6.29 Å². The summed E-state index contributed by atoms with van der Waals surface area (Å²) in [5, 5.41) is 9.66. The molecule has 0 unspecified atom stereocenters. The van der Waals surface area contributed by atoms with Crippen molar-refractivity contribution in [2.45, 2.75) is 0 Å². The maximum atomic E-state index is 10.6. The summed E-state index contributed by atoms with van der Waals surface area (Å²) in [7, 11) is 3.97. The largest absolute Gasteiger partial charge is 0.507 e. The number of hydrogen-bond donors (Lipinski definition) is 1. The Morgan fingerprint density at radius 3 is 2.11 bits per heavy atom. The van der Waals surface area contributed by atoms with E-state index in [9.17, 15) is 9.90 Å². The Bertz CT molecular complexity index is 559. The lowest BCUT2D eigenvalue weighted by Gasteiger charge is -2.12. The van der Waals surface area contributed by atoms with Gasteiger partial charge in [-0.3, -0.25) is 4.79 Å². The van der Waals surface area contributed by atoms with Crippen molar-refractivity contribution in [2.24, 2.45) is 0 Å². The maximum absolute atomic E-state index is 10.6. The van der Waals surface area contributed by atoms with E-state index in [0.717, 1.165) is 16.8 Å². The van der Waals surface area contributed by atoms with Crippen LogP contribution in [0.3, 0.4) is 0 Å². The zero-order valence-corrected chi connectivity index (χ0v) is 10.4. The van der Waals surface area contributed by atoms with Crippen LogP contribution in [0.4, 0.5) is 5.69 Å². The van der Waals surface area contributed by atoms with Crippen molar-refractivity contribution >= 4 is 12.0 Å². The Balaban J connectivity index is 2.36. The van der Waals surface area contributed by atoms with Crippen LogP contribution in [0.1, 0.15) is 10.4 Å². The maximum Gasteiger partial charge on any atom is 0.153 e. The van der Waals surface area contributed by atoms with Crippen LogP contribution in [-0.2, 0) is 0 Å². The lowest BCUT2D eigenvalue weighted by molar-refractivity contribution is 0.112. The third-order valence-electron chi connectivity index (χ3n) is 2.87. The first-order valence-electron chi connectivity index (χ1n) is 5.68. The molecule has 0 spiro atoms. The third-order valence-corrected chi connectivity index (χ3v) is 2.87. The van der Waals surface area contributed by atoms with E-state index in [4.69, 9.17) is 0 Å². The molecule has 0 radical (unpaired) electrons. The van der Waals surface area contributed by atoms with E-state index in [1.165, 1.54) is 0 Å². The van der Waals surface area contributed by atoms with Gasteiger partial charge in [0, 0.05) is 19.8 Å². The Morgan fingerprint density at radius 1 is 1.00 bits per heavy atom. The minimum absolute atomic E-state index is 0.0131. The molecule has 92 valence electrons. The van der Waals surface area contributed by atoms with Gasteiger partial charge in [-0.15, -0.1) is 0 Å². The smallest absolute Gasteiger partial charge is 0.153 e. The summed E-state index contributed by atoms with van der Waals surface area (Å²) in [5.41, 5.74) is 3.33. The summed E-state index contributed by atoms with van der Waals surface area (Å²) < 4.78 is 0. The van der Waals surface area contributed by atoms with Crippen LogP contribution < -0.4 is 4.90 Å². The first-order chi connectivity index (χ1) is 8.61. The highest BCUT2D eigenvalue weighted by molar-refractivity contribution is 5.81. The van der Waals surface area contributed by atoms with E-state index < -0.39 is 0 Å². The molecule has 18 heavy (non-hydrogen) atoms. The van der Waals surface area contributed by atoms with Crippen molar-refractivity contribution in [3.05, 3.63) is 48.0 Å². The summed E-state index contributed by atoms with van der Waals surface area (Å²) >= 11 is 0. The number of phenols is 1. The number of aromatic hydroxyl groups is 1. The summed E-state index contributed by atoms with van der Waals surface area (Å²) in [6, 6.07) is 13.1. The van der Waals surface area contributed by atoms with Gasteiger partial charge in [0.1, 0.15) is 5.75 Å². The van der Waals surface area contributed by atoms with Crippen molar-refractivity contribution < 1.29 is 9.90 Å². The molecule has 0 fully saturated rings. The van der Waals surface area contributed by atoms with E-state index in [0.29, 0.717) is 11.8 Å². The standard InChI is InChI=1S/C15H15NO2/c1-16(2)14-7-5-11(6-8-14)12-3-4-13(10-17)15(18)9-12/h3-10,18H,1-2H3. The highest BCUT2D eigenvalue weighted by Crippen LogP contribution is 2.27. The van der Waals surface area contributed by atoms with Gasteiger partial charge in [0.05, 0.1) is 5.56 Å². The highest BCUT2D eigenvalue weighted by Gasteiger charge is 2.04. The predicted molar refractivity (Wildman–Crippen MR) is 73.3 cm³/mol. The Labute approximate surface area is 106 Å². The average molecular weight is 241 g/mol. The first-order valence-corrected chi connectivity index (χ1v) is 5.68. The topological polar surface area (TPSA) is 40.5 Å². The quantitative estimate of drug-likeness (QED) is 0.840. The van der Waals surface area contributed by atoms with E-state index >= 15 is 0 Å².